The molecule has 5 aromatic carbocycles. The van der Waals surface area contributed by atoms with Crippen molar-refractivity contribution in [3.8, 4) is 44.5 Å². The molecule has 0 aliphatic rings. The summed E-state index contributed by atoms with van der Waals surface area (Å²) >= 11 is 0. The van der Waals surface area contributed by atoms with E-state index in [9.17, 15) is 8.78 Å². The molecule has 0 aliphatic heterocycles. The number of alkyl halides is 2. The molecule has 9 aromatic rings. The van der Waals surface area contributed by atoms with Crippen LogP contribution in [0, 0.1) is 27.1 Å². The quantitative estimate of drug-likeness (QED) is 0.0570. The molecule has 0 amide bonds. The molecule has 0 radical (unpaired) electrons. The average Bonchev–Trinajstić information content (AvgIpc) is 1.23. The predicted octanol–water partition coefficient (Wildman–Crippen LogP) is 25.8. The predicted molar refractivity (Wildman–Crippen MR) is 481 cm³/mol. The van der Waals surface area contributed by atoms with Gasteiger partial charge in [-0.1, -0.05) is 213 Å². The van der Waals surface area contributed by atoms with Gasteiger partial charge < -0.3 is 26.6 Å². The molecule has 4 aromatic heterocycles. The van der Waals surface area contributed by atoms with Crippen LogP contribution in [0.5, 0.6) is 0 Å². The number of benzene rings is 5. The Labute approximate surface area is 681 Å². The van der Waals surface area contributed by atoms with Crippen molar-refractivity contribution in [2.24, 2.45) is 27.1 Å². The Bertz CT molecular complexity index is 3590. The van der Waals surface area contributed by atoms with Gasteiger partial charge in [-0.25, -0.2) is 0 Å². The second kappa shape index (κ2) is 42.2. The Balaban J connectivity index is 0.000000360. The highest BCUT2D eigenvalue weighted by atomic mass is 19.1. The molecule has 15 heteroatoms. The Morgan fingerprint density at radius 2 is 0.491 bits per heavy atom. The minimum atomic E-state index is 0.117. The standard InChI is InChI=1S/4C20H31N3.C15H25N.2CH3F/c4*1-15(22-20(5,6)7)16-8-10-17(11-9-16)18-12-21-23(13-18)14-19(2,3)4;1-14(2,3)11-12-8-7-9-13(10-12)16-15(4,5)6;2*1-2/h4*8-13,15,22H,14H2,1-7H3;7-10,16H,11H2,1-6H3;2*1H3. The van der Waals surface area contributed by atoms with Crippen LogP contribution in [0.3, 0.4) is 0 Å². The summed E-state index contributed by atoms with van der Waals surface area (Å²) in [5, 5.41) is 35.9. The molecule has 0 saturated carbocycles. The summed E-state index contributed by atoms with van der Waals surface area (Å²) in [5.74, 6) is 0. The fraction of sp³-hybridized carbons (Fsp3) is 0.567. The number of anilines is 1. The van der Waals surface area contributed by atoms with E-state index in [1.54, 1.807) is 0 Å². The Morgan fingerprint density at radius 1 is 0.277 bits per heavy atom. The average molecular weight is 1540 g/mol. The Hall–Kier alpha value is -7.56. The first kappa shape index (κ1) is 98.6. The second-order valence-electron chi connectivity index (χ2n) is 41.7. The molecule has 9 rings (SSSR count). The number of nitrogens with zero attached hydrogens (tertiary/aromatic N) is 8. The molecule has 4 heterocycles. The van der Waals surface area contributed by atoms with Crippen LogP contribution >= 0.6 is 0 Å². The number of nitrogens with one attached hydrogen (secondary N) is 5. The van der Waals surface area contributed by atoms with E-state index < -0.39 is 0 Å². The van der Waals surface area contributed by atoms with Crippen LogP contribution in [0.2, 0.25) is 0 Å². The maximum atomic E-state index is 9.50. The van der Waals surface area contributed by atoms with Gasteiger partial charge in [0.05, 0.1) is 39.1 Å². The lowest BCUT2D eigenvalue weighted by Crippen LogP contribution is -2.37. The third kappa shape index (κ3) is 41.0. The second-order valence-corrected chi connectivity index (χ2v) is 41.7. The van der Waals surface area contributed by atoms with Gasteiger partial charge in [0, 0.05) is 131 Å². The first-order valence-electron chi connectivity index (χ1n) is 40.5. The smallest absolute Gasteiger partial charge is 0.0785 e. The summed E-state index contributed by atoms with van der Waals surface area (Å²) in [5.41, 5.74) is 19.3. The van der Waals surface area contributed by atoms with Crippen molar-refractivity contribution in [2.45, 2.75) is 320 Å². The van der Waals surface area contributed by atoms with Gasteiger partial charge in [-0.2, -0.15) is 20.4 Å². The fourth-order valence-corrected chi connectivity index (χ4v) is 12.9. The maximum Gasteiger partial charge on any atom is 0.0785 e. The number of halogens is 2. The van der Waals surface area contributed by atoms with Gasteiger partial charge in [0.2, 0.25) is 0 Å². The zero-order chi connectivity index (χ0) is 85.4. The van der Waals surface area contributed by atoms with E-state index in [2.05, 4.69) is 429 Å². The van der Waals surface area contributed by atoms with Crippen molar-refractivity contribution in [1.82, 2.24) is 60.4 Å². The van der Waals surface area contributed by atoms with Crippen molar-refractivity contribution >= 4 is 5.69 Å². The van der Waals surface area contributed by atoms with Gasteiger partial charge in [0.15, 0.2) is 0 Å². The molecule has 0 bridgehead atoms. The van der Waals surface area contributed by atoms with E-state index in [4.69, 9.17) is 0 Å². The minimum absolute atomic E-state index is 0.117. The molecule has 4 unspecified atom stereocenters. The highest BCUT2D eigenvalue weighted by Gasteiger charge is 2.22. The Kier molecular flexibility index (Phi) is 37.1. The van der Waals surface area contributed by atoms with Gasteiger partial charge >= 0.3 is 0 Å². The zero-order valence-electron chi connectivity index (χ0n) is 76.8. The van der Waals surface area contributed by atoms with Gasteiger partial charge in [-0.15, -0.1) is 0 Å². The maximum absolute atomic E-state index is 9.50. The molecule has 112 heavy (non-hydrogen) atoms. The molecule has 4 atom stereocenters. The molecular formula is C97H155F2N13. The lowest BCUT2D eigenvalue weighted by atomic mass is 9.88. The topological polar surface area (TPSA) is 131 Å². The first-order valence-corrected chi connectivity index (χ1v) is 40.5. The number of rotatable bonds is 18. The van der Waals surface area contributed by atoms with Gasteiger partial charge in [0.1, 0.15) is 0 Å². The van der Waals surface area contributed by atoms with E-state index in [-0.39, 0.29) is 49.4 Å². The van der Waals surface area contributed by atoms with Gasteiger partial charge in [0.25, 0.3) is 0 Å². The van der Waals surface area contributed by atoms with Crippen LogP contribution in [-0.2, 0) is 32.6 Å². The summed E-state index contributed by atoms with van der Waals surface area (Å²) < 4.78 is 27.1. The molecular weight excluding hydrogens is 1390 g/mol. The lowest BCUT2D eigenvalue weighted by Gasteiger charge is -2.26. The van der Waals surface area contributed by atoms with Gasteiger partial charge in [-0.05, 0) is 227 Å². The third-order valence-electron chi connectivity index (χ3n) is 16.8. The molecule has 0 spiro atoms. The van der Waals surface area contributed by atoms with Crippen LogP contribution in [0.25, 0.3) is 44.5 Å². The molecule has 5 N–H and O–H groups in total. The van der Waals surface area contributed by atoms with E-state index >= 15 is 0 Å². The SMILES string of the molecule is CC(C)(C)Cc1cccc(NC(C)(C)C)c1.CC(NC(C)(C)C)c1ccc(-c2cnn(CC(C)(C)C)c2)cc1.CC(NC(C)(C)C)c1ccc(-c2cnn(CC(C)(C)C)c2)cc1.CC(NC(C)(C)C)c1ccc(-c2cnn(CC(C)(C)C)c2)cc1.CC(NC(C)(C)C)c1ccc(-c2cnn(CC(C)(C)C)c2)cc1.CF.CF. The largest absolute Gasteiger partial charge is 0.380 e. The molecule has 13 nitrogen and oxygen atoms in total. The first-order chi connectivity index (χ1) is 51.3. The number of aromatic nitrogens is 8. The van der Waals surface area contributed by atoms with Crippen LogP contribution in [0.15, 0.2) is 171 Å². The minimum Gasteiger partial charge on any atom is -0.380 e. The van der Waals surface area contributed by atoms with Crippen LogP contribution in [-0.4, -0.2) is 81.2 Å². The summed E-state index contributed by atoms with van der Waals surface area (Å²) in [6.45, 7) is 79.0. The number of hydrogen-bond acceptors (Lipinski definition) is 9. The monoisotopic (exact) mass is 1540 g/mol. The summed E-state index contributed by atoms with van der Waals surface area (Å²) in [4.78, 5) is 0. The van der Waals surface area contributed by atoms with Crippen molar-refractivity contribution in [3.63, 3.8) is 0 Å². The summed E-state index contributed by atoms with van der Waals surface area (Å²) in [7, 11) is 1.00. The van der Waals surface area contributed by atoms with E-state index in [1.807, 2.05) is 43.5 Å². The van der Waals surface area contributed by atoms with Crippen molar-refractivity contribution in [1.29, 1.82) is 0 Å². The van der Waals surface area contributed by atoms with E-state index in [0.717, 1.165) is 32.6 Å². The van der Waals surface area contributed by atoms with Crippen LogP contribution in [0.4, 0.5) is 14.5 Å². The summed E-state index contributed by atoms with van der Waals surface area (Å²) in [6, 6.07) is 45.3. The van der Waals surface area contributed by atoms with Crippen molar-refractivity contribution in [2.75, 3.05) is 19.7 Å². The zero-order valence-corrected chi connectivity index (χ0v) is 76.8. The highest BCUT2D eigenvalue weighted by Crippen LogP contribution is 2.31. The molecule has 622 valence electrons. The van der Waals surface area contributed by atoms with Gasteiger partial charge in [-0.3, -0.25) is 27.5 Å². The third-order valence-corrected chi connectivity index (χ3v) is 16.8. The van der Waals surface area contributed by atoms with Crippen molar-refractivity contribution < 1.29 is 8.78 Å². The molecule has 0 fully saturated rings. The normalized spacial score (nSPS) is 13.4. The molecule has 0 aliphatic carbocycles. The summed E-state index contributed by atoms with van der Waals surface area (Å²) in [6.07, 6.45) is 17.5. The Morgan fingerprint density at radius 3 is 0.670 bits per heavy atom. The van der Waals surface area contributed by atoms with Crippen LogP contribution < -0.4 is 26.6 Å². The van der Waals surface area contributed by atoms with Crippen molar-refractivity contribution in [3.05, 3.63) is 199 Å². The van der Waals surface area contributed by atoms with E-state index in [1.165, 1.54) is 78.0 Å². The lowest BCUT2D eigenvalue weighted by molar-refractivity contribution is 0.325. The highest BCUT2D eigenvalue weighted by molar-refractivity contribution is 5.65. The van der Waals surface area contributed by atoms with Crippen LogP contribution in [0.1, 0.15) is 287 Å². The fourth-order valence-electron chi connectivity index (χ4n) is 12.9. The molecule has 0 saturated heterocycles. The number of hydrogen-bond donors (Lipinski definition) is 5. The van der Waals surface area contributed by atoms with E-state index in [0.29, 0.717) is 43.9 Å².